The van der Waals surface area contributed by atoms with Crippen LogP contribution in [0.25, 0.3) is 0 Å². The second-order valence-corrected chi connectivity index (χ2v) is 9.91. The molecular weight excluding hydrogens is 444 g/mol. The molecule has 0 heterocycles. The first-order valence-electron chi connectivity index (χ1n) is 13.1. The molecule has 0 aliphatic rings. The van der Waals surface area contributed by atoms with Crippen molar-refractivity contribution in [1.29, 1.82) is 0 Å². The highest BCUT2D eigenvalue weighted by Crippen LogP contribution is 2.15. The van der Waals surface area contributed by atoms with Gasteiger partial charge in [0.15, 0.2) is 0 Å². The molecular formula is C24H52O8Si. The number of hydrogen-bond acceptors (Lipinski definition) is 8. The molecule has 0 fully saturated rings. The van der Waals surface area contributed by atoms with Crippen molar-refractivity contribution in [3.8, 4) is 0 Å². The standard InChI is InChI=1S/C24H52O8Si/c1-5-13-25-17-9-21-29-33(30-22-10-18-26-14-6-2,31-23-11-19-27-15-7-3)32-24-12-20-28-16-8-4/h5-24H2,1-4H3. The van der Waals surface area contributed by atoms with Crippen LogP contribution in [0.4, 0.5) is 0 Å². The number of ether oxygens (including phenoxy) is 4. The van der Waals surface area contributed by atoms with Crippen molar-refractivity contribution >= 4 is 9.05 Å². The van der Waals surface area contributed by atoms with Gasteiger partial charge in [-0.2, -0.15) is 0 Å². The van der Waals surface area contributed by atoms with E-state index in [1.807, 2.05) is 0 Å². The van der Waals surface area contributed by atoms with Crippen LogP contribution in [0.1, 0.15) is 79.1 Å². The molecule has 0 rings (SSSR count). The predicted molar refractivity (Wildman–Crippen MR) is 132 cm³/mol. The third-order valence-corrected chi connectivity index (χ3v) is 6.47. The molecule has 0 aliphatic carbocycles. The third-order valence-electron chi connectivity index (χ3n) is 4.24. The molecule has 9 heteroatoms. The quantitative estimate of drug-likeness (QED) is 0.113. The molecule has 8 nitrogen and oxygen atoms in total. The Labute approximate surface area is 204 Å². The fourth-order valence-electron chi connectivity index (χ4n) is 2.67. The highest BCUT2D eigenvalue weighted by Gasteiger charge is 2.45. The minimum absolute atomic E-state index is 0.473. The summed E-state index contributed by atoms with van der Waals surface area (Å²) in [6.07, 6.45) is 7.11. The lowest BCUT2D eigenvalue weighted by Crippen LogP contribution is -2.50. The van der Waals surface area contributed by atoms with Gasteiger partial charge in [0.25, 0.3) is 0 Å². The lowest BCUT2D eigenvalue weighted by molar-refractivity contribution is -0.0462. The molecule has 0 saturated carbocycles. The Balaban J connectivity index is 4.74. The van der Waals surface area contributed by atoms with Crippen LogP contribution in [0.5, 0.6) is 0 Å². The van der Waals surface area contributed by atoms with E-state index in [9.17, 15) is 0 Å². The van der Waals surface area contributed by atoms with Gasteiger partial charge in [0.1, 0.15) is 0 Å². The van der Waals surface area contributed by atoms with Gasteiger partial charge in [-0.15, -0.1) is 0 Å². The summed E-state index contributed by atoms with van der Waals surface area (Å²) in [4.78, 5) is 0. The Morgan fingerprint density at radius 2 is 0.576 bits per heavy atom. The van der Waals surface area contributed by atoms with Crippen LogP contribution in [0.3, 0.4) is 0 Å². The zero-order valence-corrected chi connectivity index (χ0v) is 22.9. The average molecular weight is 497 g/mol. The molecule has 0 aromatic carbocycles. The molecule has 0 N–H and O–H groups in total. The molecule has 0 aromatic heterocycles. The maximum absolute atomic E-state index is 6.16. The van der Waals surface area contributed by atoms with Crippen LogP contribution in [-0.4, -0.2) is 88.3 Å². The number of rotatable bonds is 28. The minimum atomic E-state index is -3.29. The average Bonchev–Trinajstić information content (AvgIpc) is 2.83. The molecule has 0 aromatic rings. The first-order chi connectivity index (χ1) is 16.2. The summed E-state index contributed by atoms with van der Waals surface area (Å²) in [5.41, 5.74) is 0. The maximum Gasteiger partial charge on any atom is 0.679 e. The van der Waals surface area contributed by atoms with E-state index in [0.717, 1.165) is 77.8 Å². The van der Waals surface area contributed by atoms with E-state index < -0.39 is 9.05 Å². The monoisotopic (exact) mass is 496 g/mol. The van der Waals surface area contributed by atoms with Crippen LogP contribution in [0.15, 0.2) is 0 Å². The van der Waals surface area contributed by atoms with Gasteiger partial charge in [-0.25, -0.2) is 0 Å². The Kier molecular flexibility index (Phi) is 26.4. The van der Waals surface area contributed by atoms with Crippen LogP contribution < -0.4 is 0 Å². The largest absolute Gasteiger partial charge is 0.679 e. The van der Waals surface area contributed by atoms with Crippen molar-refractivity contribution in [3.05, 3.63) is 0 Å². The topological polar surface area (TPSA) is 73.8 Å². The van der Waals surface area contributed by atoms with Crippen molar-refractivity contribution < 1.29 is 36.7 Å². The highest BCUT2D eigenvalue weighted by molar-refractivity contribution is 6.53. The summed E-state index contributed by atoms with van der Waals surface area (Å²) in [5, 5.41) is 0. The van der Waals surface area contributed by atoms with Gasteiger partial charge < -0.3 is 36.7 Å². The van der Waals surface area contributed by atoms with Gasteiger partial charge in [-0.3, -0.25) is 0 Å². The Morgan fingerprint density at radius 1 is 0.333 bits per heavy atom. The Hall–Kier alpha value is -0.103. The third kappa shape index (κ3) is 22.1. The van der Waals surface area contributed by atoms with Crippen LogP contribution in [0.2, 0.25) is 0 Å². The van der Waals surface area contributed by atoms with Crippen molar-refractivity contribution in [2.45, 2.75) is 79.1 Å². The Bertz CT molecular complexity index is 307. The van der Waals surface area contributed by atoms with Crippen LogP contribution in [0, 0.1) is 0 Å². The first-order valence-corrected chi connectivity index (χ1v) is 14.7. The summed E-state index contributed by atoms with van der Waals surface area (Å²) in [6.45, 7) is 16.0. The molecule has 0 spiro atoms. The highest BCUT2D eigenvalue weighted by atomic mass is 28.4. The van der Waals surface area contributed by atoms with Gasteiger partial charge >= 0.3 is 9.05 Å². The molecule has 0 amide bonds. The van der Waals surface area contributed by atoms with E-state index in [1.165, 1.54) is 0 Å². The van der Waals surface area contributed by atoms with Gasteiger partial charge in [-0.1, -0.05) is 27.7 Å². The van der Waals surface area contributed by atoms with Gasteiger partial charge in [0, 0.05) is 79.3 Å². The van der Waals surface area contributed by atoms with Gasteiger partial charge in [0.05, 0.1) is 0 Å². The summed E-state index contributed by atoms with van der Waals surface area (Å²) < 4.78 is 46.9. The summed E-state index contributed by atoms with van der Waals surface area (Å²) in [5.74, 6) is 0. The first kappa shape index (κ1) is 32.9. The second kappa shape index (κ2) is 26.5. The van der Waals surface area contributed by atoms with E-state index in [4.69, 9.17) is 36.7 Å². The van der Waals surface area contributed by atoms with Crippen molar-refractivity contribution in [2.75, 3.05) is 79.3 Å². The lowest BCUT2D eigenvalue weighted by Gasteiger charge is -2.28. The molecule has 0 unspecified atom stereocenters. The number of hydrogen-bond donors (Lipinski definition) is 0. The fourth-order valence-corrected chi connectivity index (χ4v) is 4.75. The van der Waals surface area contributed by atoms with Crippen LogP contribution >= 0.6 is 0 Å². The zero-order valence-electron chi connectivity index (χ0n) is 21.9. The molecule has 0 radical (unpaired) electrons. The maximum atomic E-state index is 6.16. The SMILES string of the molecule is CCCOCCCO[Si](OCCCOCCC)(OCCCOCCC)OCCCOCCC. The molecule has 200 valence electrons. The smallest absolute Gasteiger partial charge is 0.381 e. The molecule has 0 aliphatic heterocycles. The fraction of sp³-hybridized carbons (Fsp3) is 1.00. The summed E-state index contributed by atoms with van der Waals surface area (Å²) >= 11 is 0. The van der Waals surface area contributed by atoms with E-state index in [2.05, 4.69) is 27.7 Å². The van der Waals surface area contributed by atoms with Crippen molar-refractivity contribution in [3.63, 3.8) is 0 Å². The van der Waals surface area contributed by atoms with E-state index in [-0.39, 0.29) is 0 Å². The van der Waals surface area contributed by atoms with E-state index in [0.29, 0.717) is 52.9 Å². The second-order valence-electron chi connectivity index (χ2n) is 7.76. The molecule has 33 heavy (non-hydrogen) atoms. The zero-order chi connectivity index (χ0) is 24.3. The van der Waals surface area contributed by atoms with E-state index in [1.54, 1.807) is 0 Å². The molecule has 0 atom stereocenters. The van der Waals surface area contributed by atoms with E-state index >= 15 is 0 Å². The lowest BCUT2D eigenvalue weighted by atomic mass is 10.5. The molecule has 0 saturated heterocycles. The normalized spacial score (nSPS) is 12.0. The van der Waals surface area contributed by atoms with Gasteiger partial charge in [-0.05, 0) is 51.4 Å². The Morgan fingerprint density at radius 3 is 0.788 bits per heavy atom. The molecule has 0 bridgehead atoms. The van der Waals surface area contributed by atoms with Crippen molar-refractivity contribution in [2.24, 2.45) is 0 Å². The van der Waals surface area contributed by atoms with Gasteiger partial charge in [0.2, 0.25) is 0 Å². The predicted octanol–water partition coefficient (Wildman–Crippen LogP) is 4.76. The summed E-state index contributed by atoms with van der Waals surface area (Å²) in [7, 11) is -3.29. The minimum Gasteiger partial charge on any atom is -0.381 e. The van der Waals surface area contributed by atoms with Crippen molar-refractivity contribution in [1.82, 2.24) is 0 Å². The summed E-state index contributed by atoms with van der Waals surface area (Å²) in [6, 6.07) is 0. The van der Waals surface area contributed by atoms with Crippen LogP contribution in [-0.2, 0) is 36.7 Å².